The molecule has 12 heteroatoms. The highest BCUT2D eigenvalue weighted by atomic mass is 32.2. The number of carbonyl (C=O) groups excluding carboxylic acids is 1. The number of hydrogen-bond acceptors (Lipinski definition) is 10. The molecule has 1 aliphatic heterocycles. The molecule has 10 nitrogen and oxygen atoms in total. The van der Waals surface area contributed by atoms with E-state index in [2.05, 4.69) is 37.2 Å². The van der Waals surface area contributed by atoms with E-state index in [0.29, 0.717) is 41.3 Å². The number of thiazole rings is 1. The summed E-state index contributed by atoms with van der Waals surface area (Å²) in [6.45, 7) is 2.82. The van der Waals surface area contributed by atoms with Gasteiger partial charge in [0.2, 0.25) is 0 Å². The maximum absolute atomic E-state index is 13.3. The SMILES string of the molecule is COc1ccc(N2CCN(C(=O)c3csc(CSc4nnc(-c5cccnc5)n4-c4ccccc4OC)n3)CC2)cc1. The van der Waals surface area contributed by atoms with Crippen molar-refractivity contribution in [3.8, 4) is 28.6 Å². The molecule has 214 valence electrons. The number of hydrogen-bond donors (Lipinski definition) is 0. The summed E-state index contributed by atoms with van der Waals surface area (Å²) in [4.78, 5) is 26.4. The van der Waals surface area contributed by atoms with Gasteiger partial charge in [-0.05, 0) is 48.5 Å². The lowest BCUT2D eigenvalue weighted by Crippen LogP contribution is -2.48. The summed E-state index contributed by atoms with van der Waals surface area (Å²) in [6, 6.07) is 19.6. The number of thioether (sulfide) groups is 1. The summed E-state index contributed by atoms with van der Waals surface area (Å²) in [5, 5.41) is 12.4. The maximum Gasteiger partial charge on any atom is 0.273 e. The molecule has 4 heterocycles. The normalized spacial score (nSPS) is 13.3. The van der Waals surface area contributed by atoms with Crippen molar-refractivity contribution in [3.63, 3.8) is 0 Å². The lowest BCUT2D eigenvalue weighted by Gasteiger charge is -2.35. The van der Waals surface area contributed by atoms with Crippen molar-refractivity contribution in [3.05, 3.63) is 89.1 Å². The van der Waals surface area contributed by atoms with Crippen LogP contribution < -0.4 is 14.4 Å². The molecular formula is C30H29N7O3S2. The van der Waals surface area contributed by atoms with Gasteiger partial charge in [0.1, 0.15) is 22.2 Å². The van der Waals surface area contributed by atoms with Crippen molar-refractivity contribution in [1.82, 2.24) is 29.6 Å². The van der Waals surface area contributed by atoms with Gasteiger partial charge in [0.05, 0.1) is 25.7 Å². The van der Waals surface area contributed by atoms with Crippen molar-refractivity contribution < 1.29 is 14.3 Å². The second kappa shape index (κ2) is 12.6. The number of piperazine rings is 1. The van der Waals surface area contributed by atoms with Crippen LogP contribution >= 0.6 is 23.1 Å². The minimum atomic E-state index is -0.0343. The number of methoxy groups -OCH3 is 2. The topological polar surface area (TPSA) is 98.5 Å². The third-order valence-corrected chi connectivity index (χ3v) is 8.95. The van der Waals surface area contributed by atoms with Crippen molar-refractivity contribution in [2.45, 2.75) is 10.9 Å². The first-order valence-electron chi connectivity index (χ1n) is 13.4. The van der Waals surface area contributed by atoms with Gasteiger partial charge in [0.25, 0.3) is 5.91 Å². The van der Waals surface area contributed by atoms with E-state index in [1.54, 1.807) is 26.6 Å². The highest BCUT2D eigenvalue weighted by Crippen LogP contribution is 2.34. The molecular weight excluding hydrogens is 571 g/mol. The van der Waals surface area contributed by atoms with Crippen LogP contribution in [-0.2, 0) is 5.75 Å². The molecule has 0 radical (unpaired) electrons. The molecule has 6 rings (SSSR count). The summed E-state index contributed by atoms with van der Waals surface area (Å²) in [7, 11) is 3.31. The van der Waals surface area contributed by atoms with Gasteiger partial charge in [-0.25, -0.2) is 4.98 Å². The minimum absolute atomic E-state index is 0.0343. The van der Waals surface area contributed by atoms with Crippen molar-refractivity contribution in [1.29, 1.82) is 0 Å². The fourth-order valence-corrected chi connectivity index (χ4v) is 6.53. The summed E-state index contributed by atoms with van der Waals surface area (Å²) in [6.07, 6.45) is 3.49. The molecule has 1 amide bonds. The first kappa shape index (κ1) is 27.7. The Morgan fingerprint density at radius 1 is 0.952 bits per heavy atom. The molecule has 0 spiro atoms. The lowest BCUT2D eigenvalue weighted by molar-refractivity contribution is 0.0741. The van der Waals surface area contributed by atoms with Crippen molar-refractivity contribution in [2.75, 3.05) is 45.3 Å². The molecule has 42 heavy (non-hydrogen) atoms. The predicted molar refractivity (Wildman–Crippen MR) is 164 cm³/mol. The number of anilines is 1. The van der Waals surface area contributed by atoms with E-state index in [9.17, 15) is 4.79 Å². The lowest BCUT2D eigenvalue weighted by atomic mass is 10.2. The Balaban J connectivity index is 1.14. The monoisotopic (exact) mass is 599 g/mol. The molecule has 0 N–H and O–H groups in total. The van der Waals surface area contributed by atoms with Crippen molar-refractivity contribution >= 4 is 34.7 Å². The van der Waals surface area contributed by atoms with Crippen LogP contribution in [0.3, 0.4) is 0 Å². The molecule has 1 aliphatic rings. The number of pyridine rings is 1. The van der Waals surface area contributed by atoms with Crippen LogP contribution in [0.25, 0.3) is 17.1 Å². The van der Waals surface area contributed by atoms with Gasteiger partial charge in [-0.2, -0.15) is 0 Å². The summed E-state index contributed by atoms with van der Waals surface area (Å²) in [5.74, 6) is 2.72. The van der Waals surface area contributed by atoms with E-state index in [0.717, 1.165) is 40.8 Å². The molecule has 1 saturated heterocycles. The van der Waals surface area contributed by atoms with Crippen LogP contribution in [0.2, 0.25) is 0 Å². The average molecular weight is 600 g/mol. The van der Waals surface area contributed by atoms with E-state index >= 15 is 0 Å². The first-order valence-corrected chi connectivity index (χ1v) is 15.3. The number of para-hydroxylation sites is 2. The quantitative estimate of drug-likeness (QED) is 0.215. The first-order chi connectivity index (χ1) is 20.6. The second-order valence-electron chi connectivity index (χ2n) is 9.45. The average Bonchev–Trinajstić information content (AvgIpc) is 3.71. The van der Waals surface area contributed by atoms with Crippen LogP contribution in [-0.4, -0.2) is 75.9 Å². The van der Waals surface area contributed by atoms with E-state index in [4.69, 9.17) is 9.47 Å². The molecule has 0 atom stereocenters. The van der Waals surface area contributed by atoms with Gasteiger partial charge in [-0.15, -0.1) is 21.5 Å². The number of ether oxygens (including phenoxy) is 2. The molecule has 2 aromatic carbocycles. The number of nitrogens with zero attached hydrogens (tertiary/aromatic N) is 7. The third-order valence-electron chi connectivity index (χ3n) is 6.98. The zero-order valence-corrected chi connectivity index (χ0v) is 24.8. The highest BCUT2D eigenvalue weighted by molar-refractivity contribution is 7.98. The van der Waals surface area contributed by atoms with E-state index < -0.39 is 0 Å². The van der Waals surface area contributed by atoms with Crippen LogP contribution in [0.5, 0.6) is 11.5 Å². The van der Waals surface area contributed by atoms with Crippen LogP contribution in [0.1, 0.15) is 15.5 Å². The standard InChI is InChI=1S/C30H29N7O3S2/c1-39-23-11-9-22(10-12-23)35-14-16-36(17-15-35)29(38)24-19-41-27(32-24)20-42-30-34-33-28(21-6-5-13-31-18-21)37(30)25-7-3-4-8-26(25)40-2/h3-13,18-19H,14-17,20H2,1-2H3. The fourth-order valence-electron chi connectivity index (χ4n) is 4.80. The molecule has 0 saturated carbocycles. The Bertz CT molecular complexity index is 1650. The Kier molecular flexibility index (Phi) is 8.33. The zero-order chi connectivity index (χ0) is 28.9. The molecule has 5 aromatic rings. The third kappa shape index (κ3) is 5.81. The summed E-state index contributed by atoms with van der Waals surface area (Å²) in [5.41, 5.74) is 3.28. The summed E-state index contributed by atoms with van der Waals surface area (Å²) < 4.78 is 12.9. The van der Waals surface area contributed by atoms with Crippen LogP contribution in [0, 0.1) is 0 Å². The Hall–Kier alpha value is -4.42. The van der Waals surface area contributed by atoms with E-state index in [-0.39, 0.29) is 5.91 Å². The Morgan fingerprint density at radius 2 is 1.76 bits per heavy atom. The maximum atomic E-state index is 13.3. The number of aromatic nitrogens is 5. The van der Waals surface area contributed by atoms with E-state index in [1.165, 1.54) is 23.1 Å². The zero-order valence-electron chi connectivity index (χ0n) is 23.2. The molecule has 3 aromatic heterocycles. The number of rotatable bonds is 9. The number of carbonyl (C=O) groups is 1. The summed E-state index contributed by atoms with van der Waals surface area (Å²) >= 11 is 2.99. The minimum Gasteiger partial charge on any atom is -0.497 e. The van der Waals surface area contributed by atoms with Crippen molar-refractivity contribution in [2.24, 2.45) is 0 Å². The van der Waals surface area contributed by atoms with Gasteiger partial charge in [0, 0.05) is 55.2 Å². The highest BCUT2D eigenvalue weighted by Gasteiger charge is 2.25. The smallest absolute Gasteiger partial charge is 0.273 e. The molecule has 1 fully saturated rings. The molecule has 0 unspecified atom stereocenters. The van der Waals surface area contributed by atoms with Gasteiger partial charge in [-0.3, -0.25) is 14.3 Å². The predicted octanol–water partition coefficient (Wildman–Crippen LogP) is 5.06. The number of benzene rings is 2. The largest absolute Gasteiger partial charge is 0.497 e. The Morgan fingerprint density at radius 3 is 2.50 bits per heavy atom. The van der Waals surface area contributed by atoms with Crippen LogP contribution in [0.15, 0.2) is 83.6 Å². The van der Waals surface area contributed by atoms with E-state index in [1.807, 2.05) is 63.4 Å². The number of amides is 1. The van der Waals surface area contributed by atoms with Gasteiger partial charge >= 0.3 is 0 Å². The van der Waals surface area contributed by atoms with Crippen LogP contribution in [0.4, 0.5) is 5.69 Å². The fraction of sp³-hybridized carbons (Fsp3) is 0.233. The molecule has 0 aliphatic carbocycles. The Labute approximate surface area is 252 Å². The van der Waals surface area contributed by atoms with Gasteiger partial charge in [0.15, 0.2) is 11.0 Å². The second-order valence-corrected chi connectivity index (χ2v) is 11.3. The molecule has 0 bridgehead atoms. The van der Waals surface area contributed by atoms with Gasteiger partial charge < -0.3 is 19.3 Å². The van der Waals surface area contributed by atoms with Gasteiger partial charge in [-0.1, -0.05) is 23.9 Å².